The van der Waals surface area contributed by atoms with Crippen LogP contribution < -0.4 is 18.9 Å². The van der Waals surface area contributed by atoms with Gasteiger partial charge in [-0.25, -0.2) is 9.97 Å². The van der Waals surface area contributed by atoms with E-state index in [0.29, 0.717) is 22.4 Å². The fourth-order valence-corrected chi connectivity index (χ4v) is 9.68. The van der Waals surface area contributed by atoms with Crippen LogP contribution >= 0.6 is 0 Å². The lowest BCUT2D eigenvalue weighted by atomic mass is 9.92. The van der Waals surface area contributed by atoms with Gasteiger partial charge in [0.15, 0.2) is 5.75 Å². The van der Waals surface area contributed by atoms with Crippen LogP contribution in [0.3, 0.4) is 0 Å². The van der Waals surface area contributed by atoms with Gasteiger partial charge in [-0.05, 0) is 109 Å². The molecule has 25 heteroatoms. The van der Waals surface area contributed by atoms with E-state index in [9.17, 15) is 59.6 Å². The number of hydrogen-bond acceptors (Lipinski definition) is 18. The molecule has 9 rings (SSSR count). The van der Waals surface area contributed by atoms with Gasteiger partial charge in [-0.3, -0.25) is 59.6 Å². The third-order valence-electron chi connectivity index (χ3n) is 13.8. The lowest BCUT2D eigenvalue weighted by Crippen LogP contribution is -2.23. The second kappa shape index (κ2) is 28.3. The fraction of sp³-hybridized carbons (Fsp3) is 0.125. The highest BCUT2D eigenvalue weighted by Crippen LogP contribution is 2.53. The quantitative estimate of drug-likeness (QED) is 0.0147. The van der Waals surface area contributed by atoms with E-state index in [1.165, 1.54) is 48.5 Å². The van der Waals surface area contributed by atoms with E-state index in [4.69, 9.17) is 28.9 Å². The molecule has 0 radical (unpaired) electrons. The number of nitrogens with one attached hydrogen (secondary N) is 1. The summed E-state index contributed by atoms with van der Waals surface area (Å²) in [5.41, 5.74) is 2.93. The second-order valence-electron chi connectivity index (χ2n) is 19.6. The molecule has 8 bridgehead atoms. The smallest absolute Gasteiger partial charge is 0.318 e. The van der Waals surface area contributed by atoms with Crippen LogP contribution in [0.1, 0.15) is 48.5 Å². The number of benzene rings is 4. The number of esters is 4. The van der Waals surface area contributed by atoms with Crippen molar-refractivity contribution in [2.24, 2.45) is 0 Å². The first kappa shape index (κ1) is 63.7. The number of fused-ring (bicyclic) bond motifs is 8. The van der Waals surface area contributed by atoms with E-state index in [1.54, 1.807) is 95.6 Å². The van der Waals surface area contributed by atoms with E-state index < -0.39 is 93.4 Å². The standard InChI is InChI=1S/C64H50N8O16.Mg.2H/c1-5-43(69(77)78)34-57(73)85-53-21-13-9-17-47(53)61-50-30-29-41(67-50)32-40-26-25-38(65-40)31-39-27-28-42(66-39)33-52-62(48-18-10-14-22-54(48)86-58(74)35-44(6-2)70(79)80)63(49-19-11-15-23-55(49)87-59(75)36-45(7-3)71(81)82)64(61)68(52)51-20-12-16-24-56(51)88-60(76)37-46(8-4)72(83)84;;;/h5-33,43-46,65H,1-4,34-37H2;;;. The Bertz CT molecular complexity index is 4320. The summed E-state index contributed by atoms with van der Waals surface area (Å²) in [5.74, 6) is -5.10. The SMILES string of the molecule is C=CC(CC(=O)Oc1ccccc1-c1c(-c2ccccc2OC(=O)CC(C=C)[N+](=O)[O-])c2c(-c3ccccc3OC(=O)CC(C=C)[N+](=O)[O-])c3nc(cc4ccc(cc5nc(cc1n2-c1ccccc1OC(=O)CC(C=C)[N+](=O)[O-])C=C5)[nH]4)C=C3)[N+](=O)[O-].[MgH2]. The zero-order valence-corrected chi connectivity index (χ0v) is 46.4. The minimum Gasteiger partial charge on any atom is -0.426 e. The number of carbonyl (C=O) groups is 4. The number of para-hydroxylation sites is 5. The molecular formula is C64H52MgN8O16. The van der Waals surface area contributed by atoms with Crippen LogP contribution in [0.25, 0.3) is 85.4 Å². The topological polar surface area (TPSA) is 324 Å². The van der Waals surface area contributed by atoms with Gasteiger partial charge >= 0.3 is 46.9 Å². The minimum atomic E-state index is -1.59. The fourth-order valence-electron chi connectivity index (χ4n) is 9.68. The summed E-state index contributed by atoms with van der Waals surface area (Å²) in [6, 6.07) is 26.8. The van der Waals surface area contributed by atoms with Crippen molar-refractivity contribution in [2.45, 2.75) is 49.9 Å². The van der Waals surface area contributed by atoms with E-state index >= 15 is 0 Å². The Morgan fingerprint density at radius 2 is 0.809 bits per heavy atom. The summed E-state index contributed by atoms with van der Waals surface area (Å²) in [6.07, 6.45) is 7.54. The van der Waals surface area contributed by atoms with Crippen molar-refractivity contribution in [2.75, 3.05) is 0 Å². The molecule has 1 N–H and O–H groups in total. The molecule has 2 aliphatic heterocycles. The first-order valence-electron chi connectivity index (χ1n) is 26.8. The van der Waals surface area contributed by atoms with Crippen molar-refractivity contribution in [3.05, 3.63) is 241 Å². The predicted molar refractivity (Wildman–Crippen MR) is 334 cm³/mol. The first-order valence-corrected chi connectivity index (χ1v) is 26.8. The normalized spacial score (nSPS) is 12.6. The molecule has 3 aromatic heterocycles. The highest BCUT2D eigenvalue weighted by atomic mass is 24.3. The molecule has 2 aliphatic rings. The van der Waals surface area contributed by atoms with Gasteiger partial charge in [-0.2, -0.15) is 0 Å². The molecule has 4 aromatic carbocycles. The molecule has 0 saturated heterocycles. The summed E-state index contributed by atoms with van der Waals surface area (Å²) in [5, 5.41) is 48.4. The molecule has 0 aliphatic carbocycles. The second-order valence-corrected chi connectivity index (χ2v) is 19.6. The van der Waals surface area contributed by atoms with E-state index in [2.05, 4.69) is 31.3 Å². The number of H-pyrrole nitrogens is 1. The Labute approximate surface area is 521 Å². The number of aromatic amines is 1. The summed E-state index contributed by atoms with van der Waals surface area (Å²) in [7, 11) is 0. The highest BCUT2D eigenvalue weighted by Gasteiger charge is 2.34. The van der Waals surface area contributed by atoms with Gasteiger partial charge in [0.1, 0.15) is 42.9 Å². The summed E-state index contributed by atoms with van der Waals surface area (Å²) >= 11 is 0. The average molecular weight is 1210 g/mol. The lowest BCUT2D eigenvalue weighted by molar-refractivity contribution is -0.508. The molecule has 4 atom stereocenters. The molecule has 89 heavy (non-hydrogen) atoms. The molecule has 0 fully saturated rings. The van der Waals surface area contributed by atoms with Crippen LogP contribution in [0.5, 0.6) is 23.0 Å². The van der Waals surface area contributed by atoms with Crippen LogP contribution in [0.2, 0.25) is 0 Å². The van der Waals surface area contributed by atoms with Crippen LogP contribution in [0, 0.1) is 40.5 Å². The monoisotopic (exact) mass is 1210 g/mol. The molecule has 0 spiro atoms. The number of aromatic nitrogens is 4. The van der Waals surface area contributed by atoms with Gasteiger partial charge in [-0.1, -0.05) is 93.0 Å². The van der Waals surface area contributed by atoms with Crippen LogP contribution in [0.4, 0.5) is 0 Å². The Morgan fingerprint density at radius 1 is 0.461 bits per heavy atom. The summed E-state index contributed by atoms with van der Waals surface area (Å²) in [6.45, 7) is 14.1. The van der Waals surface area contributed by atoms with Crippen molar-refractivity contribution in [3.8, 4) is 62.1 Å². The highest BCUT2D eigenvalue weighted by molar-refractivity contribution is 6.13. The number of ether oxygens (including phenoxy) is 4. The number of hydrogen-bond donors (Lipinski definition) is 1. The molecule has 446 valence electrons. The Hall–Kier alpha value is -11.3. The van der Waals surface area contributed by atoms with Gasteiger partial charge in [0.2, 0.25) is 24.2 Å². The Kier molecular flexibility index (Phi) is 20.2. The maximum absolute atomic E-state index is 14.2. The Morgan fingerprint density at radius 3 is 1.24 bits per heavy atom. The summed E-state index contributed by atoms with van der Waals surface area (Å²) in [4.78, 5) is 115. The van der Waals surface area contributed by atoms with Gasteiger partial charge in [0, 0.05) is 64.1 Å². The third kappa shape index (κ3) is 14.5. The number of carbonyl (C=O) groups excluding carboxylic acids is 4. The maximum Gasteiger partial charge on any atom is 0.318 e. The van der Waals surface area contributed by atoms with Crippen molar-refractivity contribution >= 4 is 93.3 Å². The minimum absolute atomic E-state index is 0. The number of nitrogens with zero attached hydrogens (tertiary/aromatic N) is 7. The third-order valence-corrected chi connectivity index (χ3v) is 13.8. The van der Waals surface area contributed by atoms with Gasteiger partial charge in [0.05, 0.1) is 39.5 Å². The maximum atomic E-state index is 14.2. The first-order chi connectivity index (χ1) is 42.4. The van der Waals surface area contributed by atoms with Crippen molar-refractivity contribution in [3.63, 3.8) is 0 Å². The molecule has 4 unspecified atom stereocenters. The lowest BCUT2D eigenvalue weighted by Gasteiger charge is -2.18. The zero-order chi connectivity index (χ0) is 62.8. The summed E-state index contributed by atoms with van der Waals surface area (Å²) < 4.78 is 26.1. The van der Waals surface area contributed by atoms with Gasteiger partial charge in [0.25, 0.3) is 0 Å². The van der Waals surface area contributed by atoms with Crippen molar-refractivity contribution < 1.29 is 57.8 Å². The average Bonchev–Trinajstić information content (AvgIpc) is 1.58. The number of nitro groups is 4. The molecule has 0 amide bonds. The largest absolute Gasteiger partial charge is 0.426 e. The van der Waals surface area contributed by atoms with Gasteiger partial charge in [-0.15, -0.1) is 0 Å². The predicted octanol–water partition coefficient (Wildman–Crippen LogP) is 10.7. The van der Waals surface area contributed by atoms with E-state index in [-0.39, 0.29) is 108 Å². The zero-order valence-electron chi connectivity index (χ0n) is 46.4. The Balaban J connectivity index is 0.0000102. The number of rotatable bonds is 24. The van der Waals surface area contributed by atoms with E-state index in [1.807, 2.05) is 12.1 Å². The van der Waals surface area contributed by atoms with Gasteiger partial charge < -0.3 is 28.5 Å². The molecule has 7 aromatic rings. The van der Waals surface area contributed by atoms with Crippen LogP contribution in [-0.2, 0) is 19.2 Å². The van der Waals surface area contributed by atoms with Crippen LogP contribution in [-0.4, -0.2) is 110 Å². The van der Waals surface area contributed by atoms with E-state index in [0.717, 1.165) is 24.3 Å². The van der Waals surface area contributed by atoms with Crippen molar-refractivity contribution in [1.82, 2.24) is 19.5 Å². The molecule has 24 nitrogen and oxygen atoms in total. The molecular weight excluding hydrogens is 1160 g/mol. The molecule has 0 saturated carbocycles. The molecule has 5 heterocycles. The van der Waals surface area contributed by atoms with Crippen LogP contribution in [0.15, 0.2) is 178 Å². The van der Waals surface area contributed by atoms with Crippen molar-refractivity contribution in [1.29, 1.82) is 0 Å².